The smallest absolute Gasteiger partial charge is 0.342 e. The molecular formula is C24H20N2O4S. The van der Waals surface area contributed by atoms with E-state index >= 15 is 0 Å². The fourth-order valence-corrected chi connectivity index (χ4v) is 3.89. The normalized spacial score (nSPS) is 10.7. The molecule has 0 spiro atoms. The minimum absolute atomic E-state index is 0.0405. The molecule has 0 saturated heterocycles. The van der Waals surface area contributed by atoms with Crippen molar-refractivity contribution in [2.24, 2.45) is 0 Å². The van der Waals surface area contributed by atoms with Crippen molar-refractivity contribution >= 4 is 39.7 Å². The van der Waals surface area contributed by atoms with E-state index in [1.54, 1.807) is 29.6 Å². The average molecular weight is 433 g/mol. The number of aromatic nitrogens is 1. The zero-order valence-electron chi connectivity index (χ0n) is 16.8. The molecule has 7 heteroatoms. The second kappa shape index (κ2) is 8.97. The van der Waals surface area contributed by atoms with Crippen molar-refractivity contribution in [3.05, 3.63) is 87.9 Å². The van der Waals surface area contributed by atoms with Crippen molar-refractivity contribution in [2.45, 2.75) is 20.0 Å². The number of rotatable bonds is 6. The first kappa shape index (κ1) is 20.6. The third kappa shape index (κ3) is 4.90. The molecular weight excluding hydrogens is 412 g/mol. The summed E-state index contributed by atoms with van der Waals surface area (Å²) >= 11 is 1.33. The van der Waals surface area contributed by atoms with Crippen LogP contribution >= 0.6 is 11.3 Å². The van der Waals surface area contributed by atoms with Gasteiger partial charge in [0.2, 0.25) is 5.91 Å². The first-order valence-electron chi connectivity index (χ1n) is 9.67. The van der Waals surface area contributed by atoms with Crippen molar-refractivity contribution in [1.29, 1.82) is 0 Å². The Morgan fingerprint density at radius 1 is 1.06 bits per heavy atom. The summed E-state index contributed by atoms with van der Waals surface area (Å²) in [5, 5.41) is 17.0. The molecule has 0 aliphatic heterocycles. The Bertz CT molecular complexity index is 1250. The van der Waals surface area contributed by atoms with Gasteiger partial charge in [-0.05, 0) is 30.5 Å². The number of nitrogens with zero attached hydrogens (tertiary/aromatic N) is 1. The van der Waals surface area contributed by atoms with Crippen LogP contribution < -0.4 is 5.32 Å². The van der Waals surface area contributed by atoms with Crippen LogP contribution in [-0.4, -0.2) is 22.0 Å². The molecule has 4 aromatic rings. The number of phenolic OH excluding ortho intramolecular Hbond substituents is 1. The number of aryl methyl sites for hydroxylation is 1. The van der Waals surface area contributed by atoms with Gasteiger partial charge in [-0.25, -0.2) is 9.78 Å². The third-order valence-corrected chi connectivity index (χ3v) is 5.62. The second-order valence-electron chi connectivity index (χ2n) is 7.08. The predicted octanol–water partition coefficient (Wildman–Crippen LogP) is 4.85. The molecule has 156 valence electrons. The summed E-state index contributed by atoms with van der Waals surface area (Å²) in [6.45, 7) is 1.94. The number of esters is 1. The minimum atomic E-state index is -0.630. The van der Waals surface area contributed by atoms with Crippen molar-refractivity contribution in [3.63, 3.8) is 0 Å². The average Bonchev–Trinajstić information content (AvgIpc) is 3.21. The maximum Gasteiger partial charge on any atom is 0.342 e. The van der Waals surface area contributed by atoms with Crippen LogP contribution in [-0.2, 0) is 22.6 Å². The number of carbonyl (C=O) groups excluding carboxylic acids is 2. The quantitative estimate of drug-likeness (QED) is 0.425. The first-order chi connectivity index (χ1) is 15.0. The lowest BCUT2D eigenvalue weighted by atomic mass is 10.1. The molecule has 4 rings (SSSR count). The van der Waals surface area contributed by atoms with Gasteiger partial charge in [-0.2, -0.15) is 0 Å². The number of nitrogens with one attached hydrogen (secondary N) is 1. The molecule has 6 nitrogen and oxygen atoms in total. The summed E-state index contributed by atoms with van der Waals surface area (Å²) in [7, 11) is 0. The van der Waals surface area contributed by atoms with Crippen LogP contribution in [0.3, 0.4) is 0 Å². The largest absolute Gasteiger partial charge is 0.506 e. The summed E-state index contributed by atoms with van der Waals surface area (Å²) in [5.74, 6) is -0.896. The Morgan fingerprint density at radius 2 is 1.84 bits per heavy atom. The van der Waals surface area contributed by atoms with Gasteiger partial charge < -0.3 is 15.2 Å². The molecule has 0 unspecified atom stereocenters. The van der Waals surface area contributed by atoms with Gasteiger partial charge in [0.05, 0.1) is 12.1 Å². The van der Waals surface area contributed by atoms with Crippen LogP contribution in [0.4, 0.5) is 5.69 Å². The van der Waals surface area contributed by atoms with Crippen molar-refractivity contribution in [2.75, 3.05) is 5.32 Å². The Labute approximate surface area is 183 Å². The molecule has 2 N–H and O–H groups in total. The molecule has 1 amide bonds. The van der Waals surface area contributed by atoms with Gasteiger partial charge in [-0.1, -0.05) is 48.0 Å². The van der Waals surface area contributed by atoms with Crippen molar-refractivity contribution in [1.82, 2.24) is 4.98 Å². The minimum Gasteiger partial charge on any atom is -0.506 e. The monoisotopic (exact) mass is 432 g/mol. The number of anilines is 1. The summed E-state index contributed by atoms with van der Waals surface area (Å²) < 4.78 is 5.31. The fourth-order valence-electron chi connectivity index (χ4n) is 3.11. The van der Waals surface area contributed by atoms with E-state index < -0.39 is 5.97 Å². The highest BCUT2D eigenvalue weighted by Crippen LogP contribution is 2.29. The van der Waals surface area contributed by atoms with E-state index in [-0.39, 0.29) is 30.2 Å². The zero-order valence-corrected chi connectivity index (χ0v) is 17.6. The van der Waals surface area contributed by atoms with Gasteiger partial charge in [0, 0.05) is 16.5 Å². The van der Waals surface area contributed by atoms with E-state index in [9.17, 15) is 14.7 Å². The lowest BCUT2D eigenvalue weighted by Crippen LogP contribution is -2.14. The topological polar surface area (TPSA) is 88.5 Å². The van der Waals surface area contributed by atoms with E-state index in [1.807, 2.05) is 43.3 Å². The molecule has 0 aliphatic rings. The lowest BCUT2D eigenvalue weighted by Gasteiger charge is -2.07. The van der Waals surface area contributed by atoms with Gasteiger partial charge in [0.25, 0.3) is 0 Å². The number of ether oxygens (including phenoxy) is 1. The number of thiazole rings is 1. The molecule has 0 atom stereocenters. The SMILES string of the molecule is Cc1ccc(NC(=O)Cc2nc(COC(=O)c3ccc4ccccc4c3O)cs2)cc1. The van der Waals surface area contributed by atoms with Crippen LogP contribution in [0.15, 0.2) is 66.0 Å². The van der Waals surface area contributed by atoms with Crippen LogP contribution in [0, 0.1) is 6.92 Å². The van der Waals surface area contributed by atoms with Crippen LogP contribution in [0.2, 0.25) is 0 Å². The lowest BCUT2D eigenvalue weighted by molar-refractivity contribution is -0.115. The van der Waals surface area contributed by atoms with Crippen LogP contribution in [0.25, 0.3) is 10.8 Å². The Hall–Kier alpha value is -3.71. The number of fused-ring (bicyclic) bond motifs is 1. The first-order valence-corrected chi connectivity index (χ1v) is 10.6. The molecule has 1 aromatic heterocycles. The number of hydrogen-bond acceptors (Lipinski definition) is 6. The van der Waals surface area contributed by atoms with E-state index in [0.29, 0.717) is 16.1 Å². The number of carbonyl (C=O) groups is 2. The number of aromatic hydroxyl groups is 1. The Kier molecular flexibility index (Phi) is 5.95. The standard InChI is InChI=1S/C24H20N2O4S/c1-15-6-9-17(10-7-15)25-21(27)12-22-26-18(14-31-22)13-30-24(29)20-11-8-16-4-2-3-5-19(16)23(20)28/h2-11,14,28H,12-13H2,1H3,(H,25,27). The van der Waals surface area contributed by atoms with Crippen LogP contribution in [0.5, 0.6) is 5.75 Å². The van der Waals surface area contributed by atoms with E-state index in [0.717, 1.165) is 16.6 Å². The van der Waals surface area contributed by atoms with Gasteiger partial charge in [0.1, 0.15) is 22.9 Å². The molecule has 0 bridgehead atoms. The van der Waals surface area contributed by atoms with Crippen molar-refractivity contribution in [3.8, 4) is 5.75 Å². The third-order valence-electron chi connectivity index (χ3n) is 4.72. The maximum atomic E-state index is 12.4. The molecule has 1 heterocycles. The zero-order chi connectivity index (χ0) is 21.8. The molecule has 0 fully saturated rings. The van der Waals surface area contributed by atoms with Crippen LogP contribution in [0.1, 0.15) is 26.6 Å². The van der Waals surface area contributed by atoms with Crippen molar-refractivity contribution < 1.29 is 19.4 Å². The van der Waals surface area contributed by atoms with Gasteiger partial charge in [-0.15, -0.1) is 11.3 Å². The van der Waals surface area contributed by atoms with Gasteiger partial charge in [0.15, 0.2) is 0 Å². The van der Waals surface area contributed by atoms with Gasteiger partial charge in [-0.3, -0.25) is 4.79 Å². The van der Waals surface area contributed by atoms with Gasteiger partial charge >= 0.3 is 5.97 Å². The summed E-state index contributed by atoms with van der Waals surface area (Å²) in [6, 6.07) is 18.1. The highest BCUT2D eigenvalue weighted by Gasteiger charge is 2.16. The highest BCUT2D eigenvalue weighted by atomic mass is 32.1. The van der Waals surface area contributed by atoms with E-state index in [1.165, 1.54) is 11.3 Å². The second-order valence-corrected chi connectivity index (χ2v) is 8.03. The molecule has 31 heavy (non-hydrogen) atoms. The number of hydrogen-bond donors (Lipinski definition) is 2. The maximum absolute atomic E-state index is 12.4. The summed E-state index contributed by atoms with van der Waals surface area (Å²) in [4.78, 5) is 29.0. The van der Waals surface area contributed by atoms with E-state index in [4.69, 9.17) is 4.74 Å². The summed E-state index contributed by atoms with van der Waals surface area (Å²) in [6.07, 6.45) is 0.137. The molecule has 0 saturated carbocycles. The highest BCUT2D eigenvalue weighted by molar-refractivity contribution is 7.09. The summed E-state index contributed by atoms with van der Waals surface area (Å²) in [5.41, 5.74) is 2.51. The number of benzene rings is 3. The Balaban J connectivity index is 1.35. The Morgan fingerprint density at radius 3 is 2.65 bits per heavy atom. The molecule has 0 radical (unpaired) electrons. The molecule has 0 aliphatic carbocycles. The number of amides is 1. The number of phenols is 1. The van der Waals surface area contributed by atoms with E-state index in [2.05, 4.69) is 10.3 Å². The molecule has 3 aromatic carbocycles. The predicted molar refractivity (Wildman–Crippen MR) is 120 cm³/mol. The fraction of sp³-hybridized carbons (Fsp3) is 0.125.